The van der Waals surface area contributed by atoms with Gasteiger partial charge in [-0.05, 0) is 61.3 Å². The second-order valence-electron chi connectivity index (χ2n) is 8.44. The summed E-state index contributed by atoms with van der Waals surface area (Å²) in [5.41, 5.74) is 2.69. The lowest BCUT2D eigenvalue weighted by molar-refractivity contribution is 0.0926. The maximum absolute atomic E-state index is 12.6. The normalized spacial score (nSPS) is 25.5. The fourth-order valence-corrected chi connectivity index (χ4v) is 5.29. The van der Waals surface area contributed by atoms with Crippen LogP contribution in [0.2, 0.25) is 5.02 Å². The topological polar surface area (TPSA) is 59.8 Å². The molecule has 0 aliphatic heterocycles. The fourth-order valence-electron chi connectivity index (χ4n) is 5.16. The summed E-state index contributed by atoms with van der Waals surface area (Å²) >= 11 is 5.93. The van der Waals surface area contributed by atoms with Gasteiger partial charge in [-0.3, -0.25) is 4.79 Å². The zero-order valence-corrected chi connectivity index (χ0v) is 17.7. The Morgan fingerprint density at radius 2 is 1.83 bits per heavy atom. The minimum atomic E-state index is -0.0127. The second-order valence-corrected chi connectivity index (χ2v) is 8.88. The van der Waals surface area contributed by atoms with Gasteiger partial charge in [-0.2, -0.15) is 15.0 Å². The molecule has 0 bridgehead atoms. The van der Waals surface area contributed by atoms with Crippen molar-refractivity contribution in [1.82, 2.24) is 20.3 Å². The van der Waals surface area contributed by atoms with Gasteiger partial charge in [0.15, 0.2) is 0 Å². The average Bonchev–Trinajstić information content (AvgIpc) is 3.15. The number of carbonyl (C=O) groups is 1. The van der Waals surface area contributed by atoms with Crippen molar-refractivity contribution in [2.45, 2.75) is 38.3 Å². The fraction of sp³-hybridized carbons (Fsp3) is 0.375. The Morgan fingerprint density at radius 1 is 1.13 bits per heavy atom. The molecule has 3 unspecified atom stereocenters. The zero-order valence-electron chi connectivity index (χ0n) is 16.9. The van der Waals surface area contributed by atoms with E-state index in [9.17, 15) is 4.79 Å². The largest absolute Gasteiger partial charge is 0.349 e. The van der Waals surface area contributed by atoms with Gasteiger partial charge < -0.3 is 5.32 Å². The Balaban J connectivity index is 1.20. The lowest BCUT2D eigenvalue weighted by Crippen LogP contribution is -2.37. The predicted molar refractivity (Wildman–Crippen MR) is 117 cm³/mol. The van der Waals surface area contributed by atoms with Crippen molar-refractivity contribution >= 4 is 17.5 Å². The zero-order chi connectivity index (χ0) is 20.7. The average molecular weight is 421 g/mol. The highest BCUT2D eigenvalue weighted by molar-refractivity contribution is 6.30. The minimum Gasteiger partial charge on any atom is -0.349 e. The molecule has 2 aliphatic carbocycles. The van der Waals surface area contributed by atoms with E-state index in [1.54, 1.807) is 24.3 Å². The highest BCUT2D eigenvalue weighted by Gasteiger charge is 2.59. The van der Waals surface area contributed by atoms with Crippen LogP contribution in [0, 0.1) is 17.8 Å². The summed E-state index contributed by atoms with van der Waals surface area (Å²) in [6.45, 7) is 2.15. The molecule has 5 nitrogen and oxygen atoms in total. The SMILES string of the molecule is CCC(NC(=O)c1ccc(Cl)cc1)C1[C@H]2CC(n3ncc(-c4ccccc4)n3)C[C@@H]12. The molecule has 0 saturated heterocycles. The molecular formula is C24H25ClN4O. The maximum Gasteiger partial charge on any atom is 0.251 e. The van der Waals surface area contributed by atoms with Gasteiger partial charge >= 0.3 is 0 Å². The molecule has 30 heavy (non-hydrogen) atoms. The van der Waals surface area contributed by atoms with Crippen LogP contribution in [0.25, 0.3) is 11.3 Å². The number of nitrogens with one attached hydrogen (secondary N) is 1. The number of fused-ring (bicyclic) bond motifs is 1. The van der Waals surface area contributed by atoms with E-state index in [4.69, 9.17) is 16.7 Å². The van der Waals surface area contributed by atoms with Crippen molar-refractivity contribution in [2.75, 3.05) is 0 Å². The highest BCUT2D eigenvalue weighted by Crippen LogP contribution is 2.62. The van der Waals surface area contributed by atoms with Crippen LogP contribution in [0.4, 0.5) is 0 Å². The molecule has 154 valence electrons. The maximum atomic E-state index is 12.6. The Bertz CT molecular complexity index is 1020. The standard InChI is InChI=1S/C24H25ClN4O/c1-2-21(27-24(30)16-8-10-17(25)11-9-16)23-19-12-18(13-20(19)23)29-26-14-22(28-29)15-6-4-3-5-7-15/h3-11,14,18-21,23H,2,12-13H2,1H3,(H,27,30)/t18?,19-,20+,21?,23?. The number of carbonyl (C=O) groups excluding carboxylic acids is 1. The monoisotopic (exact) mass is 420 g/mol. The van der Waals surface area contributed by atoms with Gasteiger partial charge in [0.1, 0.15) is 5.69 Å². The van der Waals surface area contributed by atoms with Crippen LogP contribution >= 0.6 is 11.6 Å². The molecule has 2 aliphatic rings. The summed E-state index contributed by atoms with van der Waals surface area (Å²) in [6.07, 6.45) is 4.98. The van der Waals surface area contributed by atoms with Crippen molar-refractivity contribution in [1.29, 1.82) is 0 Å². The quantitative estimate of drug-likeness (QED) is 0.610. The van der Waals surface area contributed by atoms with Gasteiger partial charge in [-0.1, -0.05) is 48.9 Å². The van der Waals surface area contributed by atoms with E-state index in [2.05, 4.69) is 29.5 Å². The Hall–Kier alpha value is -2.66. The number of hydrogen-bond acceptors (Lipinski definition) is 3. The van der Waals surface area contributed by atoms with Crippen molar-refractivity contribution in [2.24, 2.45) is 17.8 Å². The molecule has 1 N–H and O–H groups in total. The minimum absolute atomic E-state index is 0.0127. The molecule has 5 rings (SSSR count). The summed E-state index contributed by atoms with van der Waals surface area (Å²) in [5.74, 6) is 1.85. The molecular weight excluding hydrogens is 396 g/mol. The number of benzene rings is 2. The lowest BCUT2D eigenvalue weighted by Gasteiger charge is -2.21. The van der Waals surface area contributed by atoms with Gasteiger partial charge in [0.25, 0.3) is 5.91 Å². The molecule has 2 saturated carbocycles. The summed E-state index contributed by atoms with van der Waals surface area (Å²) in [6, 6.07) is 17.8. The Labute approximate surface area is 181 Å². The van der Waals surface area contributed by atoms with Crippen LogP contribution in [-0.2, 0) is 0 Å². The molecule has 0 spiro atoms. The highest BCUT2D eigenvalue weighted by atomic mass is 35.5. The van der Waals surface area contributed by atoms with Crippen molar-refractivity contribution in [3.8, 4) is 11.3 Å². The van der Waals surface area contributed by atoms with E-state index in [1.807, 2.05) is 29.2 Å². The number of aromatic nitrogens is 3. The van der Waals surface area contributed by atoms with Gasteiger partial charge in [0.05, 0.1) is 12.2 Å². The van der Waals surface area contributed by atoms with E-state index < -0.39 is 0 Å². The third-order valence-corrected chi connectivity index (χ3v) is 6.97. The van der Waals surface area contributed by atoms with Gasteiger partial charge in [-0.25, -0.2) is 0 Å². The lowest BCUT2D eigenvalue weighted by atomic mass is 9.99. The van der Waals surface area contributed by atoms with E-state index >= 15 is 0 Å². The van der Waals surface area contributed by atoms with Crippen LogP contribution < -0.4 is 5.32 Å². The van der Waals surface area contributed by atoms with E-state index in [-0.39, 0.29) is 11.9 Å². The first-order valence-corrected chi connectivity index (χ1v) is 11.1. The van der Waals surface area contributed by atoms with Gasteiger partial charge in [0.2, 0.25) is 0 Å². The van der Waals surface area contributed by atoms with Crippen LogP contribution in [0.15, 0.2) is 60.8 Å². The Kier molecular flexibility index (Phi) is 5.07. The first kappa shape index (κ1) is 19.3. The summed E-state index contributed by atoms with van der Waals surface area (Å²) in [4.78, 5) is 14.5. The summed E-state index contributed by atoms with van der Waals surface area (Å²) in [7, 11) is 0. The van der Waals surface area contributed by atoms with Crippen molar-refractivity contribution in [3.63, 3.8) is 0 Å². The molecule has 1 heterocycles. The predicted octanol–water partition coefficient (Wildman–Crippen LogP) is 5.00. The second kappa shape index (κ2) is 7.88. The van der Waals surface area contributed by atoms with E-state index in [0.29, 0.717) is 34.4 Å². The van der Waals surface area contributed by atoms with Crippen LogP contribution in [-0.4, -0.2) is 26.9 Å². The third kappa shape index (κ3) is 3.63. The number of hydrogen-bond donors (Lipinski definition) is 1. The summed E-state index contributed by atoms with van der Waals surface area (Å²) < 4.78 is 0. The van der Waals surface area contributed by atoms with Gasteiger partial charge in [-0.15, -0.1) is 0 Å². The summed E-state index contributed by atoms with van der Waals surface area (Å²) in [5, 5.41) is 13.2. The number of nitrogens with zero attached hydrogens (tertiary/aromatic N) is 3. The number of amides is 1. The first-order chi connectivity index (χ1) is 14.6. The molecule has 2 aromatic carbocycles. The third-order valence-electron chi connectivity index (χ3n) is 6.72. The molecule has 3 aromatic rings. The molecule has 1 amide bonds. The van der Waals surface area contributed by atoms with Crippen LogP contribution in [0.3, 0.4) is 0 Å². The van der Waals surface area contributed by atoms with Gasteiger partial charge in [0, 0.05) is 22.2 Å². The Morgan fingerprint density at radius 3 is 2.50 bits per heavy atom. The molecule has 1 aromatic heterocycles. The number of rotatable bonds is 6. The van der Waals surface area contributed by atoms with Crippen molar-refractivity contribution < 1.29 is 4.79 Å². The first-order valence-electron chi connectivity index (χ1n) is 10.7. The molecule has 6 heteroatoms. The molecule has 5 atom stereocenters. The van der Waals surface area contributed by atoms with Crippen molar-refractivity contribution in [3.05, 3.63) is 71.4 Å². The molecule has 0 radical (unpaired) electrons. The molecule has 2 fully saturated rings. The smallest absolute Gasteiger partial charge is 0.251 e. The number of halogens is 1. The van der Waals surface area contributed by atoms with Crippen LogP contribution in [0.1, 0.15) is 42.6 Å². The van der Waals surface area contributed by atoms with E-state index in [1.165, 1.54) is 0 Å². The van der Waals surface area contributed by atoms with E-state index in [0.717, 1.165) is 30.5 Å². The van der Waals surface area contributed by atoms with Crippen LogP contribution in [0.5, 0.6) is 0 Å².